The first-order chi connectivity index (χ1) is 18.3. The van der Waals surface area contributed by atoms with E-state index < -0.39 is 31.7 Å². The fraction of sp³-hybridized carbons (Fsp3) is 0.500. The number of nitrogens with two attached hydrogens (primary N) is 1. The van der Waals surface area contributed by atoms with Crippen molar-refractivity contribution in [3.63, 3.8) is 0 Å². The number of benzene rings is 1. The lowest BCUT2D eigenvalue weighted by molar-refractivity contribution is -0.0425. The molecule has 1 aliphatic heterocycles. The first-order valence-corrected chi connectivity index (χ1v) is 13.5. The van der Waals surface area contributed by atoms with Crippen LogP contribution in [0, 0.1) is 0 Å². The zero-order chi connectivity index (χ0) is 26.9. The van der Waals surface area contributed by atoms with Crippen molar-refractivity contribution in [2.24, 2.45) is 5.11 Å². The normalized spacial score (nSPS) is 26.9. The van der Waals surface area contributed by atoms with E-state index in [9.17, 15) is 15.2 Å². The Kier molecular flexibility index (Phi) is 7.14. The largest absolute Gasteiger partial charge is 0.479 e. The molecule has 3 heterocycles. The van der Waals surface area contributed by atoms with E-state index in [4.69, 9.17) is 24.3 Å². The molecule has 0 bridgehead atoms. The Labute approximate surface area is 217 Å². The van der Waals surface area contributed by atoms with Crippen molar-refractivity contribution in [1.82, 2.24) is 24.6 Å². The molecule has 1 saturated heterocycles. The summed E-state index contributed by atoms with van der Waals surface area (Å²) in [4.78, 5) is 15.5. The van der Waals surface area contributed by atoms with Crippen LogP contribution in [0.4, 0.5) is 5.95 Å². The van der Waals surface area contributed by atoms with Gasteiger partial charge in [0, 0.05) is 11.0 Å². The third kappa shape index (κ3) is 4.87. The highest BCUT2D eigenvalue weighted by Gasteiger charge is 2.55. The zero-order valence-corrected chi connectivity index (χ0v) is 21.6. The molecule has 2 fully saturated rings. The maximum absolute atomic E-state index is 13.7. The average molecular weight is 545 g/mol. The molecule has 0 spiro atoms. The van der Waals surface area contributed by atoms with Crippen LogP contribution in [-0.4, -0.2) is 62.1 Å². The second kappa shape index (κ2) is 10.4. The third-order valence-electron chi connectivity index (χ3n) is 6.69. The summed E-state index contributed by atoms with van der Waals surface area (Å²) in [6.45, 7) is 1.20. The van der Waals surface area contributed by atoms with Crippen LogP contribution in [0.3, 0.4) is 0 Å². The number of rotatable bonds is 10. The molecule has 5 rings (SSSR count). The van der Waals surface area contributed by atoms with Crippen molar-refractivity contribution in [1.29, 1.82) is 0 Å². The molecule has 2 aliphatic rings. The summed E-state index contributed by atoms with van der Waals surface area (Å²) in [5, 5.41) is 18.1. The van der Waals surface area contributed by atoms with Gasteiger partial charge in [-0.3, -0.25) is 9.09 Å². The maximum atomic E-state index is 13.7. The molecular weight excluding hydrogens is 517 g/mol. The SMILES string of the molecule is COc1nc(N)nc2c1ncn2[C@@H]1O[C@H](COP(=O)(NC2CCC2)Oc2ccccc2)[C@@H](O)[C@@]1(C)N=[N+]=[N-]. The third-order valence-corrected chi connectivity index (χ3v) is 8.31. The highest BCUT2D eigenvalue weighted by atomic mass is 31.2. The molecule has 38 heavy (non-hydrogen) atoms. The van der Waals surface area contributed by atoms with Crippen LogP contribution < -0.4 is 20.1 Å². The van der Waals surface area contributed by atoms with Gasteiger partial charge in [-0.1, -0.05) is 29.7 Å². The Morgan fingerprint density at radius 2 is 2.13 bits per heavy atom. The zero-order valence-electron chi connectivity index (χ0n) is 20.7. The number of ether oxygens (including phenoxy) is 2. The summed E-state index contributed by atoms with van der Waals surface area (Å²) in [7, 11) is -2.43. The van der Waals surface area contributed by atoms with Gasteiger partial charge in [-0.2, -0.15) is 9.97 Å². The molecule has 1 aliphatic carbocycles. The second-order valence-corrected chi connectivity index (χ2v) is 11.0. The first kappa shape index (κ1) is 26.2. The number of aromatic nitrogens is 4. The van der Waals surface area contributed by atoms with Crippen molar-refractivity contribution >= 4 is 24.9 Å². The maximum Gasteiger partial charge on any atom is 0.459 e. The Balaban J connectivity index is 1.42. The summed E-state index contributed by atoms with van der Waals surface area (Å²) in [6.07, 6.45) is 0.618. The molecule has 1 aromatic carbocycles. The summed E-state index contributed by atoms with van der Waals surface area (Å²) in [5.41, 5.74) is 14.2. The van der Waals surface area contributed by atoms with E-state index in [0.717, 1.165) is 19.3 Å². The van der Waals surface area contributed by atoms with Gasteiger partial charge in [-0.05, 0) is 37.4 Å². The Hall–Kier alpha value is -3.45. The number of imidazole rings is 1. The minimum atomic E-state index is -3.85. The number of para-hydroxylation sites is 1. The molecule has 3 aromatic rings. The number of hydrogen-bond acceptors (Lipinski definition) is 11. The van der Waals surface area contributed by atoms with Crippen molar-refractivity contribution in [2.45, 2.75) is 56.2 Å². The molecule has 16 heteroatoms. The van der Waals surface area contributed by atoms with Gasteiger partial charge in [0.15, 0.2) is 17.4 Å². The highest BCUT2D eigenvalue weighted by molar-refractivity contribution is 7.52. The minimum Gasteiger partial charge on any atom is -0.479 e. The van der Waals surface area contributed by atoms with Crippen LogP contribution in [0.25, 0.3) is 21.6 Å². The number of hydrogen-bond donors (Lipinski definition) is 3. The van der Waals surface area contributed by atoms with E-state index in [1.54, 1.807) is 24.3 Å². The van der Waals surface area contributed by atoms with Crippen LogP contribution in [0.5, 0.6) is 11.6 Å². The number of anilines is 1. The van der Waals surface area contributed by atoms with E-state index >= 15 is 0 Å². The monoisotopic (exact) mass is 545 g/mol. The lowest BCUT2D eigenvalue weighted by Crippen LogP contribution is -2.43. The first-order valence-electron chi connectivity index (χ1n) is 12.0. The van der Waals surface area contributed by atoms with Gasteiger partial charge in [0.1, 0.15) is 17.4 Å². The number of nitrogen functional groups attached to an aromatic ring is 1. The van der Waals surface area contributed by atoms with Gasteiger partial charge >= 0.3 is 7.75 Å². The number of aliphatic hydroxyl groups excluding tert-OH is 1. The van der Waals surface area contributed by atoms with Crippen LogP contribution >= 0.6 is 7.75 Å². The standard InChI is InChI=1S/C22H28N9O6P/c1-22(29-30-24)17(32)15(36-20(22)31-12-25-16-18(31)26-21(23)27-19(16)34-2)11-35-38(33,28-13-7-6-8-13)37-14-9-4-3-5-10-14/h3-5,9-10,12-13,15,17,20,32H,6-8,11H2,1-2H3,(H,28,33)(H2,23,26,27)/t15-,17-,20-,22-,38?/m1/s1. The molecule has 202 valence electrons. The average Bonchev–Trinajstić information content (AvgIpc) is 3.39. The second-order valence-electron chi connectivity index (χ2n) is 9.26. The van der Waals surface area contributed by atoms with Crippen molar-refractivity contribution in [2.75, 3.05) is 19.5 Å². The van der Waals surface area contributed by atoms with E-state index in [1.165, 1.54) is 24.9 Å². The van der Waals surface area contributed by atoms with E-state index in [0.29, 0.717) is 11.3 Å². The summed E-state index contributed by atoms with van der Waals surface area (Å²) in [5.74, 6) is 0.445. The topological polar surface area (TPSA) is 205 Å². The van der Waals surface area contributed by atoms with Crippen molar-refractivity contribution in [3.05, 3.63) is 47.1 Å². The van der Waals surface area contributed by atoms with Gasteiger partial charge in [-0.15, -0.1) is 0 Å². The lowest BCUT2D eigenvalue weighted by atomic mass is 9.93. The van der Waals surface area contributed by atoms with Crippen LogP contribution in [0.1, 0.15) is 32.4 Å². The summed E-state index contributed by atoms with van der Waals surface area (Å²) >= 11 is 0. The molecular formula is C22H28N9O6P. The summed E-state index contributed by atoms with van der Waals surface area (Å²) < 4.78 is 38.1. The van der Waals surface area contributed by atoms with E-state index in [-0.39, 0.29) is 30.1 Å². The number of azide groups is 1. The lowest BCUT2D eigenvalue weighted by Gasteiger charge is -2.31. The fourth-order valence-electron chi connectivity index (χ4n) is 4.45. The van der Waals surface area contributed by atoms with E-state index in [2.05, 4.69) is 30.1 Å². The molecule has 0 amide bonds. The number of methoxy groups -OCH3 is 1. The fourth-order valence-corrected chi connectivity index (χ4v) is 6.07. The van der Waals surface area contributed by atoms with Crippen molar-refractivity contribution < 1.29 is 28.2 Å². The molecule has 1 saturated carbocycles. The molecule has 2 aromatic heterocycles. The van der Waals surface area contributed by atoms with Gasteiger partial charge in [-0.25, -0.2) is 14.6 Å². The Morgan fingerprint density at radius 1 is 1.37 bits per heavy atom. The molecule has 4 N–H and O–H groups in total. The molecule has 0 radical (unpaired) electrons. The summed E-state index contributed by atoms with van der Waals surface area (Å²) in [6, 6.07) is 8.64. The number of aliphatic hydroxyl groups is 1. The Bertz CT molecular complexity index is 1400. The predicted molar refractivity (Wildman–Crippen MR) is 135 cm³/mol. The van der Waals surface area contributed by atoms with Gasteiger partial charge in [0.05, 0.1) is 26.1 Å². The van der Waals surface area contributed by atoms with E-state index in [1.807, 2.05) is 6.07 Å². The van der Waals surface area contributed by atoms with Gasteiger partial charge in [0.2, 0.25) is 11.8 Å². The minimum absolute atomic E-state index is 0.0161. The molecule has 15 nitrogen and oxygen atoms in total. The number of nitrogens with zero attached hydrogens (tertiary/aromatic N) is 7. The van der Waals surface area contributed by atoms with Crippen molar-refractivity contribution in [3.8, 4) is 11.6 Å². The van der Waals surface area contributed by atoms with Crippen LogP contribution in [0.15, 0.2) is 41.8 Å². The molecule has 5 atom stereocenters. The Morgan fingerprint density at radius 3 is 2.79 bits per heavy atom. The smallest absolute Gasteiger partial charge is 0.459 e. The highest BCUT2D eigenvalue weighted by Crippen LogP contribution is 2.49. The van der Waals surface area contributed by atoms with Crippen LogP contribution in [-0.2, 0) is 13.8 Å². The van der Waals surface area contributed by atoms with Gasteiger partial charge < -0.3 is 24.8 Å². The quantitative estimate of drug-likeness (QED) is 0.146. The molecule has 1 unspecified atom stereocenters. The number of fused-ring (bicyclic) bond motifs is 1. The predicted octanol–water partition coefficient (Wildman–Crippen LogP) is 3.09. The van der Waals surface area contributed by atoms with Gasteiger partial charge in [0.25, 0.3) is 0 Å². The van der Waals surface area contributed by atoms with Crippen LogP contribution in [0.2, 0.25) is 0 Å². The number of nitrogens with one attached hydrogen (secondary N) is 1.